The van der Waals surface area contributed by atoms with Crippen LogP contribution in [-0.2, 0) is 20.7 Å². The van der Waals surface area contributed by atoms with Crippen molar-refractivity contribution in [1.29, 1.82) is 0 Å². The number of esters is 1. The number of phenolic OH excluding ortho intramolecular Hbond substituents is 1. The Morgan fingerprint density at radius 2 is 1.86 bits per heavy atom. The maximum absolute atomic E-state index is 11.7. The molecule has 1 amide bonds. The SMILES string of the molecule is O=C(COC(=O)Cc1ccc(O)cc1)Nc1cccc(Br)c1. The zero-order valence-electron chi connectivity index (χ0n) is 11.6. The van der Waals surface area contributed by atoms with Crippen LogP contribution in [0.4, 0.5) is 5.69 Å². The number of anilines is 1. The van der Waals surface area contributed by atoms with E-state index in [0.717, 1.165) is 4.47 Å². The molecule has 114 valence electrons. The van der Waals surface area contributed by atoms with E-state index >= 15 is 0 Å². The molecule has 5 nitrogen and oxygen atoms in total. The van der Waals surface area contributed by atoms with Gasteiger partial charge in [-0.2, -0.15) is 0 Å². The van der Waals surface area contributed by atoms with Crippen LogP contribution in [0.15, 0.2) is 53.0 Å². The highest BCUT2D eigenvalue weighted by atomic mass is 79.9. The molecule has 2 N–H and O–H groups in total. The number of aromatic hydroxyl groups is 1. The van der Waals surface area contributed by atoms with Crippen molar-refractivity contribution in [3.8, 4) is 5.75 Å². The third-order valence-electron chi connectivity index (χ3n) is 2.76. The molecule has 2 rings (SSSR count). The first-order valence-electron chi connectivity index (χ1n) is 6.52. The van der Waals surface area contributed by atoms with Gasteiger partial charge in [0.05, 0.1) is 6.42 Å². The second-order valence-electron chi connectivity index (χ2n) is 4.56. The van der Waals surface area contributed by atoms with Crippen molar-refractivity contribution in [3.05, 3.63) is 58.6 Å². The van der Waals surface area contributed by atoms with Crippen molar-refractivity contribution in [2.45, 2.75) is 6.42 Å². The minimum atomic E-state index is -0.505. The summed E-state index contributed by atoms with van der Waals surface area (Å²) in [6.45, 7) is -0.344. The summed E-state index contributed by atoms with van der Waals surface area (Å²) in [5.41, 5.74) is 1.32. The van der Waals surface area contributed by atoms with Crippen LogP contribution in [0.3, 0.4) is 0 Å². The monoisotopic (exact) mass is 363 g/mol. The molecule has 0 bridgehead atoms. The average Bonchev–Trinajstić information content (AvgIpc) is 2.48. The number of hydrogen-bond acceptors (Lipinski definition) is 4. The molecule has 0 aliphatic heterocycles. The molecule has 0 heterocycles. The number of phenols is 1. The fraction of sp³-hybridized carbons (Fsp3) is 0.125. The van der Waals surface area contributed by atoms with Crippen LogP contribution in [0.1, 0.15) is 5.56 Å². The van der Waals surface area contributed by atoms with E-state index in [1.807, 2.05) is 6.07 Å². The predicted molar refractivity (Wildman–Crippen MR) is 85.5 cm³/mol. The summed E-state index contributed by atoms with van der Waals surface area (Å²) in [7, 11) is 0. The number of halogens is 1. The van der Waals surface area contributed by atoms with Gasteiger partial charge in [-0.1, -0.05) is 34.1 Å². The number of amides is 1. The first kappa shape index (κ1) is 16.0. The highest BCUT2D eigenvalue weighted by molar-refractivity contribution is 9.10. The lowest BCUT2D eigenvalue weighted by molar-refractivity contribution is -0.146. The van der Waals surface area contributed by atoms with Crippen molar-refractivity contribution >= 4 is 33.5 Å². The lowest BCUT2D eigenvalue weighted by Crippen LogP contribution is -2.21. The van der Waals surface area contributed by atoms with E-state index in [1.54, 1.807) is 30.3 Å². The Balaban J connectivity index is 1.78. The van der Waals surface area contributed by atoms with Gasteiger partial charge in [0.1, 0.15) is 5.75 Å². The molecule has 0 aliphatic rings. The highest BCUT2D eigenvalue weighted by Gasteiger charge is 2.09. The number of hydrogen-bond donors (Lipinski definition) is 2. The number of rotatable bonds is 5. The molecule has 0 aromatic heterocycles. The molecule has 2 aromatic carbocycles. The summed E-state index contributed by atoms with van der Waals surface area (Å²) in [6, 6.07) is 13.3. The van der Waals surface area contributed by atoms with E-state index in [9.17, 15) is 9.59 Å². The lowest BCUT2D eigenvalue weighted by atomic mass is 10.1. The van der Waals surface area contributed by atoms with Gasteiger partial charge in [0.2, 0.25) is 0 Å². The molecule has 2 aromatic rings. The van der Waals surface area contributed by atoms with Gasteiger partial charge in [-0.05, 0) is 35.9 Å². The average molecular weight is 364 g/mol. The number of carbonyl (C=O) groups excluding carboxylic acids is 2. The second-order valence-corrected chi connectivity index (χ2v) is 5.48. The number of carbonyl (C=O) groups is 2. The molecule has 0 spiro atoms. The summed E-state index contributed by atoms with van der Waals surface area (Å²) in [6.07, 6.45) is 0.0461. The fourth-order valence-corrected chi connectivity index (χ4v) is 2.14. The van der Waals surface area contributed by atoms with Crippen LogP contribution < -0.4 is 5.32 Å². The van der Waals surface area contributed by atoms with Crippen molar-refractivity contribution in [2.75, 3.05) is 11.9 Å². The highest BCUT2D eigenvalue weighted by Crippen LogP contribution is 2.15. The van der Waals surface area contributed by atoms with Gasteiger partial charge in [0.25, 0.3) is 5.91 Å². The van der Waals surface area contributed by atoms with Crippen LogP contribution >= 0.6 is 15.9 Å². The minimum Gasteiger partial charge on any atom is -0.508 e. The molecule has 22 heavy (non-hydrogen) atoms. The zero-order chi connectivity index (χ0) is 15.9. The predicted octanol–water partition coefficient (Wildman–Crippen LogP) is 2.88. The first-order valence-corrected chi connectivity index (χ1v) is 7.31. The fourth-order valence-electron chi connectivity index (χ4n) is 1.74. The third-order valence-corrected chi connectivity index (χ3v) is 3.25. The molecule has 0 saturated heterocycles. The van der Waals surface area contributed by atoms with E-state index in [0.29, 0.717) is 11.3 Å². The van der Waals surface area contributed by atoms with Crippen LogP contribution in [-0.4, -0.2) is 23.6 Å². The van der Waals surface area contributed by atoms with E-state index < -0.39 is 11.9 Å². The topological polar surface area (TPSA) is 75.6 Å². The normalized spacial score (nSPS) is 10.0. The molecular weight excluding hydrogens is 350 g/mol. The summed E-state index contributed by atoms with van der Waals surface area (Å²) >= 11 is 3.30. The quantitative estimate of drug-likeness (QED) is 0.800. The van der Waals surface area contributed by atoms with Gasteiger partial charge >= 0.3 is 5.97 Å². The number of nitrogens with one attached hydrogen (secondary N) is 1. The second kappa shape index (κ2) is 7.61. The maximum atomic E-state index is 11.7. The van der Waals surface area contributed by atoms with Crippen LogP contribution in [0, 0.1) is 0 Å². The first-order chi connectivity index (χ1) is 10.5. The van der Waals surface area contributed by atoms with Crippen LogP contribution in [0.25, 0.3) is 0 Å². The van der Waals surface area contributed by atoms with Gasteiger partial charge in [0.15, 0.2) is 6.61 Å². The van der Waals surface area contributed by atoms with Crippen molar-refractivity contribution in [1.82, 2.24) is 0 Å². The summed E-state index contributed by atoms with van der Waals surface area (Å²) < 4.78 is 5.76. The Hall–Kier alpha value is -2.34. The molecule has 0 atom stereocenters. The van der Waals surface area contributed by atoms with Crippen molar-refractivity contribution < 1.29 is 19.4 Å². The molecule has 0 saturated carbocycles. The Morgan fingerprint density at radius 3 is 2.55 bits per heavy atom. The van der Waals surface area contributed by atoms with E-state index in [1.165, 1.54) is 12.1 Å². The molecular formula is C16H14BrNO4. The molecule has 0 fully saturated rings. The Labute approximate surface area is 136 Å². The van der Waals surface area contributed by atoms with Gasteiger partial charge in [-0.25, -0.2) is 0 Å². The van der Waals surface area contributed by atoms with Gasteiger partial charge in [-0.15, -0.1) is 0 Å². The van der Waals surface area contributed by atoms with Crippen LogP contribution in [0.2, 0.25) is 0 Å². The van der Waals surface area contributed by atoms with E-state index in [2.05, 4.69) is 21.2 Å². The number of benzene rings is 2. The van der Waals surface area contributed by atoms with Crippen LogP contribution in [0.5, 0.6) is 5.75 Å². The molecule has 0 radical (unpaired) electrons. The van der Waals surface area contributed by atoms with Crippen molar-refractivity contribution in [3.63, 3.8) is 0 Å². The largest absolute Gasteiger partial charge is 0.508 e. The lowest BCUT2D eigenvalue weighted by Gasteiger charge is -2.07. The summed E-state index contributed by atoms with van der Waals surface area (Å²) in [5, 5.41) is 11.8. The smallest absolute Gasteiger partial charge is 0.310 e. The zero-order valence-corrected chi connectivity index (χ0v) is 13.2. The Morgan fingerprint density at radius 1 is 1.14 bits per heavy atom. The standard InChI is InChI=1S/C16H14BrNO4/c17-12-2-1-3-13(9-12)18-15(20)10-22-16(21)8-11-4-6-14(19)7-5-11/h1-7,9,19H,8,10H2,(H,18,20). The van der Waals surface area contributed by atoms with Crippen molar-refractivity contribution in [2.24, 2.45) is 0 Å². The Bertz CT molecular complexity index is 670. The van der Waals surface area contributed by atoms with Gasteiger partial charge in [-0.3, -0.25) is 9.59 Å². The summed E-state index contributed by atoms with van der Waals surface area (Å²) in [5.74, 6) is -0.780. The minimum absolute atomic E-state index is 0.0461. The Kier molecular flexibility index (Phi) is 5.55. The molecule has 6 heteroatoms. The van der Waals surface area contributed by atoms with E-state index in [-0.39, 0.29) is 18.8 Å². The van der Waals surface area contributed by atoms with E-state index in [4.69, 9.17) is 9.84 Å². The summed E-state index contributed by atoms with van der Waals surface area (Å²) in [4.78, 5) is 23.3. The molecule has 0 unspecified atom stereocenters. The van der Waals surface area contributed by atoms with Gasteiger partial charge < -0.3 is 15.2 Å². The number of ether oxygens (including phenoxy) is 1. The molecule has 0 aliphatic carbocycles. The third kappa shape index (κ3) is 5.21. The maximum Gasteiger partial charge on any atom is 0.310 e. The van der Waals surface area contributed by atoms with Gasteiger partial charge in [0, 0.05) is 10.2 Å².